The van der Waals surface area contributed by atoms with Crippen molar-refractivity contribution in [2.45, 2.75) is 25.7 Å². The summed E-state index contributed by atoms with van der Waals surface area (Å²) in [5.74, 6) is -1.09. The molecule has 1 heterocycles. The van der Waals surface area contributed by atoms with Crippen LogP contribution < -0.4 is 11.1 Å². The van der Waals surface area contributed by atoms with Crippen LogP contribution >= 0.6 is 0 Å². The number of nitrogens with zero attached hydrogens (tertiary/aromatic N) is 1. The summed E-state index contributed by atoms with van der Waals surface area (Å²) in [6, 6.07) is 6.23. The van der Waals surface area contributed by atoms with Crippen molar-refractivity contribution in [3.05, 3.63) is 29.8 Å². The number of nitrogens with one attached hydrogen (secondary N) is 1. The van der Waals surface area contributed by atoms with E-state index in [1.54, 1.807) is 12.1 Å². The smallest absolute Gasteiger partial charge is 0.248 e. The highest BCUT2D eigenvalue weighted by Gasteiger charge is 2.28. The first-order chi connectivity index (χ1) is 10.5. The maximum atomic E-state index is 11.8. The number of hydrogen-bond acceptors (Lipinski definition) is 4. The van der Waals surface area contributed by atoms with Crippen molar-refractivity contribution in [3.63, 3.8) is 0 Å². The predicted octanol–water partition coefficient (Wildman–Crippen LogP) is 0.653. The van der Waals surface area contributed by atoms with Crippen LogP contribution in [0.2, 0.25) is 0 Å². The Hall–Kier alpha value is -2.70. The Kier molecular flexibility index (Phi) is 4.88. The van der Waals surface area contributed by atoms with Crippen molar-refractivity contribution in [2.75, 3.05) is 11.9 Å². The molecule has 7 nitrogen and oxygen atoms in total. The Morgan fingerprint density at radius 3 is 2.23 bits per heavy atom. The molecular formula is C15H17N3O4. The maximum absolute atomic E-state index is 11.8. The van der Waals surface area contributed by atoms with E-state index in [9.17, 15) is 19.2 Å². The van der Waals surface area contributed by atoms with Crippen molar-refractivity contribution in [3.8, 4) is 0 Å². The van der Waals surface area contributed by atoms with Gasteiger partial charge in [-0.3, -0.25) is 24.1 Å². The quantitative estimate of drug-likeness (QED) is 0.752. The minimum atomic E-state index is -0.530. The van der Waals surface area contributed by atoms with Crippen LogP contribution in [0.15, 0.2) is 24.3 Å². The highest BCUT2D eigenvalue weighted by molar-refractivity contribution is 6.02. The third kappa shape index (κ3) is 3.91. The van der Waals surface area contributed by atoms with Crippen LogP contribution in [0.4, 0.5) is 5.69 Å². The van der Waals surface area contributed by atoms with Gasteiger partial charge in [-0.1, -0.05) is 0 Å². The van der Waals surface area contributed by atoms with Gasteiger partial charge in [0.15, 0.2) is 0 Å². The zero-order valence-corrected chi connectivity index (χ0v) is 12.0. The first-order valence-corrected chi connectivity index (χ1v) is 7.00. The number of amides is 4. The van der Waals surface area contributed by atoms with Gasteiger partial charge in [0, 0.05) is 37.1 Å². The second kappa shape index (κ2) is 6.84. The van der Waals surface area contributed by atoms with Crippen molar-refractivity contribution in [1.29, 1.82) is 0 Å². The van der Waals surface area contributed by atoms with E-state index in [-0.39, 0.29) is 43.5 Å². The molecule has 7 heteroatoms. The molecule has 0 aromatic heterocycles. The van der Waals surface area contributed by atoms with Crippen LogP contribution in [0.25, 0.3) is 0 Å². The number of carbonyl (C=O) groups excluding carboxylic acids is 4. The molecule has 0 saturated carbocycles. The third-order valence-corrected chi connectivity index (χ3v) is 3.39. The fraction of sp³-hybridized carbons (Fsp3) is 0.333. The number of likely N-dealkylation sites (tertiary alicyclic amines) is 1. The molecule has 0 unspecified atom stereocenters. The van der Waals surface area contributed by atoms with E-state index in [4.69, 9.17) is 5.73 Å². The Morgan fingerprint density at radius 1 is 1.09 bits per heavy atom. The maximum Gasteiger partial charge on any atom is 0.248 e. The Balaban J connectivity index is 1.77. The number of hydrogen-bond donors (Lipinski definition) is 2. The molecule has 1 aliphatic rings. The lowest BCUT2D eigenvalue weighted by Gasteiger charge is -2.13. The van der Waals surface area contributed by atoms with Gasteiger partial charge in [-0.05, 0) is 30.7 Å². The molecule has 2 rings (SSSR count). The van der Waals surface area contributed by atoms with Crippen LogP contribution in [0.5, 0.6) is 0 Å². The number of anilines is 1. The molecule has 4 amide bonds. The van der Waals surface area contributed by atoms with E-state index in [0.29, 0.717) is 17.7 Å². The van der Waals surface area contributed by atoms with E-state index in [2.05, 4.69) is 5.32 Å². The molecule has 1 fully saturated rings. The zero-order valence-electron chi connectivity index (χ0n) is 12.0. The van der Waals surface area contributed by atoms with Crippen molar-refractivity contribution >= 4 is 29.3 Å². The monoisotopic (exact) mass is 303 g/mol. The molecule has 1 aliphatic heterocycles. The predicted molar refractivity (Wildman–Crippen MR) is 78.8 cm³/mol. The van der Waals surface area contributed by atoms with E-state index in [1.165, 1.54) is 17.0 Å². The van der Waals surface area contributed by atoms with E-state index < -0.39 is 5.91 Å². The van der Waals surface area contributed by atoms with Crippen LogP contribution in [0, 0.1) is 0 Å². The molecule has 0 radical (unpaired) electrons. The van der Waals surface area contributed by atoms with Gasteiger partial charge in [-0.2, -0.15) is 0 Å². The summed E-state index contributed by atoms with van der Waals surface area (Å²) in [7, 11) is 0. The standard InChI is InChI=1S/C15H17N3O4/c16-15(22)10-3-5-11(6-4-10)17-12(19)2-1-9-18-13(20)7-8-14(18)21/h3-6H,1-2,7-9H2,(H2,16,22)(H,17,19). The topological polar surface area (TPSA) is 110 Å². The molecule has 1 aromatic rings. The molecule has 0 aliphatic carbocycles. The lowest BCUT2D eigenvalue weighted by molar-refractivity contribution is -0.138. The largest absolute Gasteiger partial charge is 0.366 e. The van der Waals surface area contributed by atoms with E-state index >= 15 is 0 Å². The first-order valence-electron chi connectivity index (χ1n) is 7.00. The SMILES string of the molecule is NC(=O)c1ccc(NC(=O)CCCN2C(=O)CCC2=O)cc1. The van der Waals surface area contributed by atoms with Crippen LogP contribution in [-0.4, -0.2) is 35.1 Å². The normalized spacial score (nSPS) is 14.3. The van der Waals surface area contributed by atoms with Gasteiger partial charge in [-0.15, -0.1) is 0 Å². The summed E-state index contributed by atoms with van der Waals surface area (Å²) in [5, 5.41) is 2.68. The fourth-order valence-electron chi connectivity index (χ4n) is 2.21. The van der Waals surface area contributed by atoms with Crippen molar-refractivity contribution in [2.24, 2.45) is 5.73 Å². The minimum Gasteiger partial charge on any atom is -0.366 e. The Labute approximate surface area is 127 Å². The van der Waals surface area contributed by atoms with E-state index in [1.807, 2.05) is 0 Å². The summed E-state index contributed by atoms with van der Waals surface area (Å²) in [5.41, 5.74) is 6.05. The molecule has 1 saturated heterocycles. The van der Waals surface area contributed by atoms with Gasteiger partial charge in [0.05, 0.1) is 0 Å². The second-order valence-corrected chi connectivity index (χ2v) is 5.03. The lowest BCUT2D eigenvalue weighted by Crippen LogP contribution is -2.30. The molecule has 22 heavy (non-hydrogen) atoms. The summed E-state index contributed by atoms with van der Waals surface area (Å²) < 4.78 is 0. The third-order valence-electron chi connectivity index (χ3n) is 3.39. The summed E-state index contributed by atoms with van der Waals surface area (Å²) in [6.07, 6.45) is 1.14. The van der Waals surface area contributed by atoms with Gasteiger partial charge in [0.2, 0.25) is 23.6 Å². The van der Waals surface area contributed by atoms with Gasteiger partial charge < -0.3 is 11.1 Å². The van der Waals surface area contributed by atoms with Crippen LogP contribution in [0.3, 0.4) is 0 Å². The second-order valence-electron chi connectivity index (χ2n) is 5.03. The Morgan fingerprint density at radius 2 is 1.68 bits per heavy atom. The number of benzene rings is 1. The average Bonchev–Trinajstić information content (AvgIpc) is 2.79. The van der Waals surface area contributed by atoms with Crippen LogP contribution in [-0.2, 0) is 14.4 Å². The zero-order chi connectivity index (χ0) is 16.1. The number of nitrogens with two attached hydrogens (primary N) is 1. The van der Waals surface area contributed by atoms with Gasteiger partial charge in [0.25, 0.3) is 0 Å². The first kappa shape index (κ1) is 15.7. The lowest BCUT2D eigenvalue weighted by atomic mass is 10.2. The number of carbonyl (C=O) groups is 4. The molecular weight excluding hydrogens is 286 g/mol. The molecule has 3 N–H and O–H groups in total. The fourth-order valence-corrected chi connectivity index (χ4v) is 2.21. The number of primary amides is 1. The Bertz CT molecular complexity index is 594. The van der Waals surface area contributed by atoms with E-state index in [0.717, 1.165) is 0 Å². The van der Waals surface area contributed by atoms with Crippen molar-refractivity contribution in [1.82, 2.24) is 4.90 Å². The van der Waals surface area contributed by atoms with Gasteiger partial charge in [-0.25, -0.2) is 0 Å². The van der Waals surface area contributed by atoms with Gasteiger partial charge in [0.1, 0.15) is 0 Å². The molecule has 0 atom stereocenters. The number of rotatable bonds is 6. The minimum absolute atomic E-state index is 0.174. The average molecular weight is 303 g/mol. The highest BCUT2D eigenvalue weighted by atomic mass is 16.2. The van der Waals surface area contributed by atoms with Crippen LogP contribution in [0.1, 0.15) is 36.0 Å². The number of imide groups is 1. The van der Waals surface area contributed by atoms with Crippen molar-refractivity contribution < 1.29 is 19.2 Å². The summed E-state index contributed by atoms with van der Waals surface area (Å²) in [4.78, 5) is 46.7. The summed E-state index contributed by atoms with van der Waals surface area (Å²) >= 11 is 0. The highest BCUT2D eigenvalue weighted by Crippen LogP contribution is 2.13. The molecule has 116 valence electrons. The van der Waals surface area contributed by atoms with Gasteiger partial charge >= 0.3 is 0 Å². The molecule has 0 bridgehead atoms. The molecule has 1 aromatic carbocycles. The molecule has 0 spiro atoms. The summed E-state index contributed by atoms with van der Waals surface area (Å²) in [6.45, 7) is 0.270.